The Kier molecular flexibility index (Phi) is 29.0. The molecular formula is C22H37F2SiZr. The Morgan fingerprint density at radius 3 is 1.19 bits per heavy atom. The van der Waals surface area contributed by atoms with Crippen LogP contribution in [0.15, 0.2) is 36.4 Å². The Morgan fingerprint density at radius 2 is 1.04 bits per heavy atom. The van der Waals surface area contributed by atoms with Gasteiger partial charge in [-0.15, -0.1) is 0 Å². The van der Waals surface area contributed by atoms with E-state index in [1.165, 1.54) is 60.0 Å². The van der Waals surface area contributed by atoms with Crippen molar-refractivity contribution in [2.45, 2.75) is 79.3 Å². The molecule has 0 heterocycles. The Hall–Kier alpha value is -0.340. The van der Waals surface area contributed by atoms with Crippen LogP contribution >= 0.6 is 0 Å². The molecule has 2 aromatic carbocycles. The van der Waals surface area contributed by atoms with E-state index >= 15 is 0 Å². The van der Waals surface area contributed by atoms with Crippen molar-refractivity contribution in [3.8, 4) is 0 Å². The normalized spacial score (nSPS) is 8.54. The van der Waals surface area contributed by atoms with Crippen LogP contribution in [-0.2, 0) is 51.9 Å². The fourth-order valence-corrected chi connectivity index (χ4v) is 3.23. The molecule has 2 rings (SSSR count). The summed E-state index contributed by atoms with van der Waals surface area (Å²) in [5.74, 6) is 0. The van der Waals surface area contributed by atoms with Gasteiger partial charge >= 0.3 is 26.2 Å². The van der Waals surface area contributed by atoms with E-state index in [9.17, 15) is 0 Å². The molecule has 0 aromatic heterocycles. The van der Waals surface area contributed by atoms with Gasteiger partial charge in [-0.25, -0.2) is 24.3 Å². The summed E-state index contributed by atoms with van der Waals surface area (Å²) in [6.45, 7) is 13.3. The second-order valence-corrected chi connectivity index (χ2v) is 7.88. The monoisotopic (exact) mass is 457 g/mol. The summed E-state index contributed by atoms with van der Waals surface area (Å²) in [5, 5.41) is 0. The third-order valence-corrected chi connectivity index (χ3v) is 5.27. The van der Waals surface area contributed by atoms with Crippen LogP contribution in [-0.4, -0.2) is 9.52 Å². The van der Waals surface area contributed by atoms with Crippen molar-refractivity contribution in [2.75, 3.05) is 0 Å². The topological polar surface area (TPSA) is 0 Å². The smallest absolute Gasteiger partial charge is 1.00 e. The number of hydrogen-bond acceptors (Lipinski definition) is 0. The van der Waals surface area contributed by atoms with Crippen LogP contribution in [0.25, 0.3) is 0 Å². The van der Waals surface area contributed by atoms with Crippen molar-refractivity contribution < 1.29 is 35.6 Å². The van der Waals surface area contributed by atoms with Gasteiger partial charge in [0.15, 0.2) is 0 Å². The minimum Gasteiger partial charge on any atom is -1.00 e. The van der Waals surface area contributed by atoms with Crippen LogP contribution < -0.4 is 9.41 Å². The van der Waals surface area contributed by atoms with Crippen molar-refractivity contribution in [2.24, 2.45) is 0 Å². The first-order chi connectivity index (χ1) is 11.2. The molecule has 1 radical (unpaired) electrons. The van der Waals surface area contributed by atoms with E-state index in [-0.39, 0.29) is 35.6 Å². The average molecular weight is 459 g/mol. The fourth-order valence-electron chi connectivity index (χ4n) is 2.66. The molecule has 4 heteroatoms. The molecule has 0 N–H and O–H groups in total. The maximum atomic E-state index is 2.25. The number of hydrogen-bond donors (Lipinski definition) is 0. The zero-order valence-electron chi connectivity index (χ0n) is 17.5. The number of halogens is 2. The van der Waals surface area contributed by atoms with E-state index in [4.69, 9.17) is 0 Å². The van der Waals surface area contributed by atoms with Crippen LogP contribution in [0.4, 0.5) is 0 Å². The molecule has 0 aliphatic heterocycles. The molecule has 26 heavy (non-hydrogen) atoms. The van der Waals surface area contributed by atoms with E-state index in [2.05, 4.69) is 77.9 Å². The van der Waals surface area contributed by atoms with Crippen LogP contribution in [0.1, 0.15) is 63.8 Å². The quantitative estimate of drug-likeness (QED) is 0.433. The van der Waals surface area contributed by atoms with Crippen molar-refractivity contribution in [3.05, 3.63) is 58.7 Å². The summed E-state index contributed by atoms with van der Waals surface area (Å²) in [7, 11) is 0.815. The van der Waals surface area contributed by atoms with E-state index in [1.54, 1.807) is 0 Å². The minimum atomic E-state index is 0. The maximum Gasteiger partial charge on any atom is 4.00 e. The van der Waals surface area contributed by atoms with Crippen molar-refractivity contribution >= 4 is 9.52 Å². The molecule has 0 bridgehead atoms. The molecule has 0 spiro atoms. The zero-order valence-corrected chi connectivity index (χ0v) is 21.2. The Bertz CT molecular complexity index is 411. The Morgan fingerprint density at radius 1 is 0.692 bits per heavy atom. The van der Waals surface area contributed by atoms with Crippen molar-refractivity contribution in [1.29, 1.82) is 0 Å². The van der Waals surface area contributed by atoms with Gasteiger partial charge in [-0.2, -0.15) is 34.4 Å². The van der Waals surface area contributed by atoms with Crippen molar-refractivity contribution in [1.82, 2.24) is 0 Å². The summed E-state index contributed by atoms with van der Waals surface area (Å²) < 4.78 is 0. The average Bonchev–Trinajstić information content (AvgIpc) is 3.24. The van der Waals surface area contributed by atoms with E-state index in [1.807, 2.05) is 0 Å². The summed E-state index contributed by atoms with van der Waals surface area (Å²) in [6.07, 6.45) is 4.71. The molecule has 0 aliphatic rings. The largest absolute Gasteiger partial charge is 4.00 e. The van der Waals surface area contributed by atoms with Gasteiger partial charge < -0.3 is 9.41 Å². The first-order valence-electron chi connectivity index (χ1n) is 9.46. The first kappa shape index (κ1) is 33.3. The molecule has 0 aliphatic carbocycles. The Labute approximate surface area is 182 Å². The second kappa shape index (κ2) is 22.7. The van der Waals surface area contributed by atoms with Crippen LogP contribution in [0.2, 0.25) is 12.1 Å². The Balaban J connectivity index is -0.000000137. The first-order valence-corrected chi connectivity index (χ1v) is 11.1. The molecular weight excluding hydrogens is 422 g/mol. The molecule has 0 saturated heterocycles. The van der Waals surface area contributed by atoms with Crippen LogP contribution in [0.3, 0.4) is 0 Å². The summed E-state index contributed by atoms with van der Waals surface area (Å²) in [4.78, 5) is 0. The second-order valence-electron chi connectivity index (χ2n) is 5.67. The van der Waals surface area contributed by atoms with Gasteiger partial charge in [0, 0.05) is 9.52 Å². The molecule has 2 aromatic rings. The summed E-state index contributed by atoms with van der Waals surface area (Å²) >= 11 is 0. The van der Waals surface area contributed by atoms with Crippen molar-refractivity contribution in [3.63, 3.8) is 0 Å². The predicted octanol–water partition coefficient (Wildman–Crippen LogP) is 0.365. The SMILES string of the molecule is CC[SiH]CC.CCc1ccc[c-]1CC.CCc1ccc[c-]1CC.[F-].[F-].[Zr+4]. The van der Waals surface area contributed by atoms with Gasteiger partial charge in [0.2, 0.25) is 0 Å². The van der Waals surface area contributed by atoms with Crippen LogP contribution in [0.5, 0.6) is 0 Å². The van der Waals surface area contributed by atoms with Gasteiger partial charge in [-0.05, 0) is 0 Å². The third-order valence-electron chi connectivity index (χ3n) is 4.12. The van der Waals surface area contributed by atoms with Gasteiger partial charge in [0.25, 0.3) is 0 Å². The maximum absolute atomic E-state index is 2.25. The molecule has 0 atom stereocenters. The molecule has 147 valence electrons. The number of rotatable bonds is 6. The minimum absolute atomic E-state index is 0. The fraction of sp³-hybridized carbons (Fsp3) is 0.545. The molecule has 0 fully saturated rings. The van der Waals surface area contributed by atoms with Gasteiger partial charge in [-0.1, -0.05) is 79.3 Å². The van der Waals surface area contributed by atoms with Crippen LogP contribution in [0, 0.1) is 0 Å². The molecule has 0 amide bonds. The summed E-state index contributed by atoms with van der Waals surface area (Å²) in [5.41, 5.74) is 6.05. The van der Waals surface area contributed by atoms with Gasteiger partial charge in [0.1, 0.15) is 0 Å². The third kappa shape index (κ3) is 13.8. The van der Waals surface area contributed by atoms with Gasteiger partial charge in [-0.3, -0.25) is 0 Å². The number of aryl methyl sites for hydroxylation is 4. The van der Waals surface area contributed by atoms with E-state index in [0.717, 1.165) is 9.52 Å². The summed E-state index contributed by atoms with van der Waals surface area (Å²) in [6, 6.07) is 16.0. The molecule has 0 saturated carbocycles. The predicted molar refractivity (Wildman–Crippen MR) is 110 cm³/mol. The standard InChI is InChI=1S/2C9H13.C4H11Si.2FH.Zr/c2*1-3-8-6-5-7-9(8)4-2;1-3-5-4-2;;;/h2*5-7H,3-4H2,1-2H3;5H,3-4H2,1-2H3;2*1H;/q2*-1;;;;+4/p-2. The molecule has 0 unspecified atom stereocenters. The van der Waals surface area contributed by atoms with Gasteiger partial charge in [0.05, 0.1) is 0 Å². The zero-order chi connectivity index (χ0) is 17.5. The van der Waals surface area contributed by atoms with E-state index in [0.29, 0.717) is 0 Å². The van der Waals surface area contributed by atoms with E-state index < -0.39 is 0 Å². The molecule has 0 nitrogen and oxygen atoms in total.